The van der Waals surface area contributed by atoms with E-state index in [0.717, 1.165) is 17.1 Å². The van der Waals surface area contributed by atoms with Crippen LogP contribution in [-0.4, -0.2) is 80.1 Å². The summed E-state index contributed by atoms with van der Waals surface area (Å²) in [7, 11) is 0. The van der Waals surface area contributed by atoms with E-state index >= 15 is 0 Å². The minimum absolute atomic E-state index is 0.400. The van der Waals surface area contributed by atoms with Gasteiger partial charge in [0.2, 0.25) is 0 Å². The first-order valence-electron chi connectivity index (χ1n) is 9.97. The van der Waals surface area contributed by atoms with Gasteiger partial charge in [-0.25, -0.2) is 9.59 Å². The number of pyridine rings is 1. The van der Waals surface area contributed by atoms with Gasteiger partial charge >= 0.3 is 24.3 Å². The number of thioether (sulfide) groups is 1. The number of aromatic nitrogens is 1. The fourth-order valence-corrected chi connectivity index (χ4v) is 4.64. The van der Waals surface area contributed by atoms with Crippen LogP contribution in [0.2, 0.25) is 0 Å². The van der Waals surface area contributed by atoms with Crippen LogP contribution in [0.15, 0.2) is 18.2 Å². The summed E-state index contributed by atoms with van der Waals surface area (Å²) in [4.78, 5) is 24.8. The predicted molar refractivity (Wildman–Crippen MR) is 111 cm³/mol. The number of aryl methyl sites for hydroxylation is 1. The molecule has 0 bridgehead atoms. The zero-order chi connectivity index (χ0) is 26.3. The molecule has 3 heterocycles. The summed E-state index contributed by atoms with van der Waals surface area (Å²) in [6.45, 7) is 9.71. The Morgan fingerprint density at radius 3 is 2.06 bits per heavy atom. The molecule has 1 spiro atoms. The van der Waals surface area contributed by atoms with E-state index in [-0.39, 0.29) is 0 Å². The largest absolute Gasteiger partial charge is 0.490 e. The molecule has 7 nitrogen and oxygen atoms in total. The third kappa shape index (κ3) is 10.1. The van der Waals surface area contributed by atoms with Gasteiger partial charge in [0.05, 0.1) is 18.4 Å². The minimum Gasteiger partial charge on any atom is -0.475 e. The predicted octanol–water partition coefficient (Wildman–Crippen LogP) is 4.14. The molecule has 0 amide bonds. The summed E-state index contributed by atoms with van der Waals surface area (Å²) in [6.07, 6.45) is -8.57. The zero-order valence-corrected chi connectivity index (χ0v) is 19.4. The van der Waals surface area contributed by atoms with Crippen LogP contribution in [0, 0.1) is 6.92 Å². The molecular formula is C20H26F6N2O5S. The van der Waals surface area contributed by atoms with Gasteiger partial charge in [0.15, 0.2) is 0 Å². The standard InChI is InChI=1S/C16H24N2OS.2C2HF3O2/c1-12(2)18-10-16(11-18)7-15(9-20-16)19-8-14-6-4-5-13(3)17-14;2*3-2(4,5)1(6)7/h4-6,12,15H,7-11H2,1-3H3;2*(H,6,7). The van der Waals surface area contributed by atoms with Gasteiger partial charge in [-0.3, -0.25) is 9.88 Å². The lowest BCUT2D eigenvalue weighted by atomic mass is 9.92. The fourth-order valence-electron chi connectivity index (χ4n) is 3.07. The highest BCUT2D eigenvalue weighted by Gasteiger charge is 2.49. The van der Waals surface area contributed by atoms with Gasteiger partial charge in [0.1, 0.15) is 0 Å². The van der Waals surface area contributed by atoms with Crippen LogP contribution < -0.4 is 0 Å². The second kappa shape index (κ2) is 12.1. The Kier molecular flexibility index (Phi) is 10.6. The lowest BCUT2D eigenvalue weighted by Gasteiger charge is -2.49. The van der Waals surface area contributed by atoms with E-state index in [9.17, 15) is 26.3 Å². The number of aliphatic carboxylic acids is 2. The monoisotopic (exact) mass is 520 g/mol. The normalized spacial score (nSPS) is 19.5. The van der Waals surface area contributed by atoms with E-state index in [1.807, 2.05) is 13.0 Å². The van der Waals surface area contributed by atoms with Gasteiger partial charge < -0.3 is 14.9 Å². The van der Waals surface area contributed by atoms with Crippen molar-refractivity contribution in [1.29, 1.82) is 0 Å². The second-order valence-corrected chi connectivity index (χ2v) is 9.49. The topological polar surface area (TPSA) is 100.0 Å². The molecule has 3 rings (SSSR count). The molecule has 1 aromatic heterocycles. The molecule has 194 valence electrons. The maximum Gasteiger partial charge on any atom is 0.490 e. The fraction of sp³-hybridized carbons (Fsp3) is 0.650. The number of halogens is 6. The van der Waals surface area contributed by atoms with Gasteiger partial charge in [0, 0.05) is 35.3 Å². The Labute approximate surface area is 196 Å². The number of carboxylic acid groups (broad SMARTS) is 2. The van der Waals surface area contributed by atoms with Gasteiger partial charge in [-0.05, 0) is 39.3 Å². The number of likely N-dealkylation sites (tertiary alicyclic amines) is 1. The first-order valence-corrected chi connectivity index (χ1v) is 11.0. The van der Waals surface area contributed by atoms with Crippen molar-refractivity contribution in [3.8, 4) is 0 Å². The van der Waals surface area contributed by atoms with Crippen LogP contribution >= 0.6 is 11.8 Å². The summed E-state index contributed by atoms with van der Waals surface area (Å²) >= 11 is 2.11. The Hall–Kier alpha value is -2.06. The van der Waals surface area contributed by atoms with E-state index in [1.54, 1.807) is 0 Å². The average molecular weight is 520 g/mol. The van der Waals surface area contributed by atoms with Crippen molar-refractivity contribution < 1.29 is 50.9 Å². The van der Waals surface area contributed by atoms with Crippen molar-refractivity contribution in [3.05, 3.63) is 29.6 Å². The maximum atomic E-state index is 10.6. The van der Waals surface area contributed by atoms with Crippen molar-refractivity contribution in [1.82, 2.24) is 9.88 Å². The zero-order valence-electron chi connectivity index (χ0n) is 18.6. The van der Waals surface area contributed by atoms with Gasteiger partial charge in [-0.2, -0.15) is 26.3 Å². The molecule has 1 aromatic rings. The van der Waals surface area contributed by atoms with E-state index in [2.05, 4.69) is 47.6 Å². The van der Waals surface area contributed by atoms with Gasteiger partial charge in [0.25, 0.3) is 0 Å². The summed E-state index contributed by atoms with van der Waals surface area (Å²) in [5.41, 5.74) is 2.11. The van der Waals surface area contributed by atoms with Crippen molar-refractivity contribution in [3.63, 3.8) is 0 Å². The van der Waals surface area contributed by atoms with Crippen LogP contribution in [0.25, 0.3) is 0 Å². The molecule has 1 atom stereocenters. The summed E-state index contributed by atoms with van der Waals surface area (Å²) in [5.74, 6) is -4.38. The van der Waals surface area contributed by atoms with E-state index in [0.29, 0.717) is 23.5 Å². The SMILES string of the molecule is Cc1cccc(COC2CSC3(C2)CN(C(C)C)C3)n1.O=C(O)C(F)(F)F.O=C(O)C(F)(F)F. The average Bonchev–Trinajstić information content (AvgIpc) is 3.09. The van der Waals surface area contributed by atoms with Crippen molar-refractivity contribution in [2.75, 3.05) is 18.8 Å². The molecule has 2 aliphatic rings. The first kappa shape index (κ1) is 30.0. The van der Waals surface area contributed by atoms with Crippen molar-refractivity contribution in [2.24, 2.45) is 0 Å². The molecule has 2 fully saturated rings. The van der Waals surface area contributed by atoms with E-state index in [1.165, 1.54) is 19.5 Å². The molecule has 0 aliphatic carbocycles. The molecule has 2 saturated heterocycles. The smallest absolute Gasteiger partial charge is 0.475 e. The molecule has 2 N–H and O–H groups in total. The number of rotatable bonds is 4. The number of alkyl halides is 6. The Balaban J connectivity index is 0.000000343. The third-order valence-corrected chi connectivity index (χ3v) is 6.36. The van der Waals surface area contributed by atoms with Crippen LogP contribution in [0.1, 0.15) is 31.7 Å². The lowest BCUT2D eigenvalue weighted by molar-refractivity contribution is -0.193. The highest BCUT2D eigenvalue weighted by atomic mass is 32.2. The summed E-state index contributed by atoms with van der Waals surface area (Å²) < 4.78 is 70.0. The number of hydrogen-bond donors (Lipinski definition) is 2. The molecule has 1 unspecified atom stereocenters. The maximum absolute atomic E-state index is 10.6. The number of hydrogen-bond acceptors (Lipinski definition) is 6. The molecule has 2 aliphatic heterocycles. The van der Waals surface area contributed by atoms with Crippen LogP contribution in [-0.2, 0) is 20.9 Å². The number of carboxylic acids is 2. The molecule has 0 radical (unpaired) electrons. The molecule has 34 heavy (non-hydrogen) atoms. The van der Waals surface area contributed by atoms with Crippen LogP contribution in [0.5, 0.6) is 0 Å². The number of nitrogens with zero attached hydrogens (tertiary/aromatic N) is 2. The molecular weight excluding hydrogens is 494 g/mol. The third-order valence-electron chi connectivity index (χ3n) is 4.79. The Morgan fingerprint density at radius 2 is 1.65 bits per heavy atom. The minimum atomic E-state index is -5.08. The van der Waals surface area contributed by atoms with Crippen LogP contribution in [0.3, 0.4) is 0 Å². The van der Waals surface area contributed by atoms with Crippen molar-refractivity contribution >= 4 is 23.7 Å². The summed E-state index contributed by atoms with van der Waals surface area (Å²) in [5, 5.41) is 14.2. The highest BCUT2D eigenvalue weighted by molar-refractivity contribution is 8.01. The van der Waals surface area contributed by atoms with E-state index < -0.39 is 24.3 Å². The van der Waals surface area contributed by atoms with E-state index in [4.69, 9.17) is 24.5 Å². The Morgan fingerprint density at radius 1 is 1.15 bits per heavy atom. The molecule has 0 aromatic carbocycles. The Bertz CT molecular complexity index is 804. The quantitative estimate of drug-likeness (QED) is 0.572. The molecule has 14 heteroatoms. The van der Waals surface area contributed by atoms with Gasteiger partial charge in [-0.15, -0.1) is 11.8 Å². The highest BCUT2D eigenvalue weighted by Crippen LogP contribution is 2.46. The van der Waals surface area contributed by atoms with Crippen molar-refractivity contribution in [2.45, 2.75) is 63.0 Å². The van der Waals surface area contributed by atoms with Crippen LogP contribution in [0.4, 0.5) is 26.3 Å². The second-order valence-electron chi connectivity index (χ2n) is 8.01. The summed E-state index contributed by atoms with van der Waals surface area (Å²) in [6, 6.07) is 6.81. The number of carbonyl (C=O) groups is 2. The lowest BCUT2D eigenvalue weighted by Crippen LogP contribution is -2.60. The number of ether oxygens (including phenoxy) is 1. The first-order chi connectivity index (χ1) is 15.4. The molecule has 0 saturated carbocycles. The van der Waals surface area contributed by atoms with Gasteiger partial charge in [-0.1, -0.05) is 6.07 Å².